The second kappa shape index (κ2) is 9.19. The van der Waals surface area contributed by atoms with Crippen molar-refractivity contribution in [2.75, 3.05) is 24.1 Å². The number of nitrogens with zero attached hydrogens (tertiary/aromatic N) is 2. The van der Waals surface area contributed by atoms with E-state index in [1.807, 2.05) is 18.9 Å². The summed E-state index contributed by atoms with van der Waals surface area (Å²) in [5.41, 5.74) is 2.00. The van der Waals surface area contributed by atoms with Crippen LogP contribution in [0.3, 0.4) is 0 Å². The first kappa shape index (κ1) is 21.2. The van der Waals surface area contributed by atoms with Gasteiger partial charge in [0, 0.05) is 13.6 Å². The van der Waals surface area contributed by atoms with Gasteiger partial charge in [-0.3, -0.25) is 4.72 Å². The number of hydrogen-bond donors (Lipinski definition) is 1. The van der Waals surface area contributed by atoms with Gasteiger partial charge in [-0.2, -0.15) is 0 Å². The maximum atomic E-state index is 13.7. The molecule has 0 spiro atoms. The highest BCUT2D eigenvalue weighted by atomic mass is 35.5. The lowest BCUT2D eigenvalue weighted by atomic mass is 10.2. The summed E-state index contributed by atoms with van der Waals surface area (Å²) in [4.78, 5) is 6.20. The van der Waals surface area contributed by atoms with E-state index in [9.17, 15) is 12.8 Å². The Bertz CT molecular complexity index is 933. The largest absolute Gasteiger partial charge is 0.366 e. The first-order chi connectivity index (χ1) is 12.7. The standard InChI is InChI=1S/C19H23ClFN3O2S/c1-4-24(3)13-22-19-11-14(2)18(12-16(19)20)23-27(25,26)10-9-15-7-5-6-8-17(15)21/h5-8,11-13,23H,4,9-10H2,1-3H3/b22-13-. The lowest BCUT2D eigenvalue weighted by Gasteiger charge is -2.13. The quantitative estimate of drug-likeness (QED) is 0.517. The van der Waals surface area contributed by atoms with Gasteiger partial charge >= 0.3 is 0 Å². The van der Waals surface area contributed by atoms with Crippen molar-refractivity contribution >= 4 is 39.3 Å². The summed E-state index contributed by atoms with van der Waals surface area (Å²) in [5.74, 6) is -0.641. The minimum absolute atomic E-state index is 0.0838. The predicted octanol–water partition coefficient (Wildman–Crippen LogP) is 4.38. The maximum absolute atomic E-state index is 13.7. The maximum Gasteiger partial charge on any atom is 0.233 e. The van der Waals surface area contributed by atoms with Crippen molar-refractivity contribution in [1.29, 1.82) is 0 Å². The van der Waals surface area contributed by atoms with Gasteiger partial charge in [0.25, 0.3) is 0 Å². The Morgan fingerprint density at radius 2 is 2.00 bits per heavy atom. The second-order valence-electron chi connectivity index (χ2n) is 6.20. The Labute approximate surface area is 164 Å². The smallest absolute Gasteiger partial charge is 0.233 e. The number of aliphatic imine (C=N–C) groups is 1. The van der Waals surface area contributed by atoms with Gasteiger partial charge in [-0.25, -0.2) is 17.8 Å². The lowest BCUT2D eigenvalue weighted by Crippen LogP contribution is -2.19. The van der Waals surface area contributed by atoms with Gasteiger partial charge in [-0.05, 0) is 49.6 Å². The summed E-state index contributed by atoms with van der Waals surface area (Å²) in [6, 6.07) is 9.39. The number of aryl methyl sites for hydroxylation is 2. The third-order valence-electron chi connectivity index (χ3n) is 4.05. The molecule has 2 aromatic carbocycles. The zero-order chi connectivity index (χ0) is 20.0. The Balaban J connectivity index is 2.12. The molecule has 5 nitrogen and oxygen atoms in total. The van der Waals surface area contributed by atoms with Crippen molar-refractivity contribution in [3.63, 3.8) is 0 Å². The molecular formula is C19H23ClFN3O2S. The van der Waals surface area contributed by atoms with Gasteiger partial charge in [0.15, 0.2) is 0 Å². The van der Waals surface area contributed by atoms with Crippen LogP contribution in [0.1, 0.15) is 18.1 Å². The number of halogens is 2. The molecule has 0 amide bonds. The summed E-state index contributed by atoms with van der Waals surface area (Å²) >= 11 is 6.23. The van der Waals surface area contributed by atoms with E-state index < -0.39 is 15.8 Å². The van der Waals surface area contributed by atoms with Crippen LogP contribution in [0.15, 0.2) is 41.4 Å². The highest BCUT2D eigenvalue weighted by Gasteiger charge is 2.15. The molecule has 0 bridgehead atoms. The van der Waals surface area contributed by atoms with Gasteiger partial charge in [0.2, 0.25) is 10.0 Å². The van der Waals surface area contributed by atoms with Crippen LogP contribution < -0.4 is 4.72 Å². The molecule has 8 heteroatoms. The van der Waals surface area contributed by atoms with E-state index >= 15 is 0 Å². The molecule has 0 atom stereocenters. The van der Waals surface area contributed by atoms with E-state index in [2.05, 4.69) is 9.71 Å². The van der Waals surface area contributed by atoms with E-state index in [4.69, 9.17) is 11.6 Å². The van der Waals surface area contributed by atoms with Crippen molar-refractivity contribution in [1.82, 2.24) is 4.90 Å². The van der Waals surface area contributed by atoms with Crippen LogP contribution in [-0.2, 0) is 16.4 Å². The molecule has 2 rings (SSSR count). The third-order valence-corrected chi connectivity index (χ3v) is 5.63. The number of benzene rings is 2. The molecule has 0 heterocycles. The molecule has 0 aromatic heterocycles. The molecule has 1 N–H and O–H groups in total. The third kappa shape index (κ3) is 6.22. The molecule has 0 aliphatic rings. The van der Waals surface area contributed by atoms with E-state index in [1.54, 1.807) is 37.5 Å². The Hall–Kier alpha value is -2.12. The lowest BCUT2D eigenvalue weighted by molar-refractivity contribution is 0.552. The molecule has 0 aliphatic carbocycles. The van der Waals surface area contributed by atoms with Gasteiger partial charge in [0.05, 0.1) is 28.5 Å². The molecule has 27 heavy (non-hydrogen) atoms. The minimum atomic E-state index is -3.65. The summed E-state index contributed by atoms with van der Waals surface area (Å²) < 4.78 is 40.9. The van der Waals surface area contributed by atoms with E-state index in [1.165, 1.54) is 12.1 Å². The fourth-order valence-electron chi connectivity index (χ4n) is 2.28. The van der Waals surface area contributed by atoms with Crippen LogP contribution in [0.25, 0.3) is 0 Å². The zero-order valence-corrected chi connectivity index (χ0v) is 17.1. The first-order valence-electron chi connectivity index (χ1n) is 8.50. The van der Waals surface area contributed by atoms with Crippen LogP contribution in [0.4, 0.5) is 15.8 Å². The fourth-order valence-corrected chi connectivity index (χ4v) is 3.64. The van der Waals surface area contributed by atoms with E-state index in [0.29, 0.717) is 27.5 Å². The average Bonchev–Trinajstić information content (AvgIpc) is 2.62. The number of hydrogen-bond acceptors (Lipinski definition) is 3. The van der Waals surface area contributed by atoms with Crippen LogP contribution in [-0.4, -0.2) is 39.0 Å². The van der Waals surface area contributed by atoms with Gasteiger partial charge in [0.1, 0.15) is 5.82 Å². The Morgan fingerprint density at radius 1 is 1.30 bits per heavy atom. The van der Waals surface area contributed by atoms with Crippen LogP contribution in [0, 0.1) is 12.7 Å². The van der Waals surface area contributed by atoms with Crippen molar-refractivity contribution in [2.24, 2.45) is 4.99 Å². The molecule has 0 unspecified atom stereocenters. The molecule has 0 saturated heterocycles. The average molecular weight is 412 g/mol. The van der Waals surface area contributed by atoms with Crippen LogP contribution >= 0.6 is 11.6 Å². The van der Waals surface area contributed by atoms with Crippen LogP contribution in [0.2, 0.25) is 5.02 Å². The van der Waals surface area contributed by atoms with Gasteiger partial charge in [-0.1, -0.05) is 29.8 Å². The molecule has 0 saturated carbocycles. The Kier molecular flexibility index (Phi) is 7.21. The highest BCUT2D eigenvalue weighted by molar-refractivity contribution is 7.92. The summed E-state index contributed by atoms with van der Waals surface area (Å²) in [5, 5.41) is 0.341. The van der Waals surface area contributed by atoms with E-state index in [-0.39, 0.29) is 12.2 Å². The van der Waals surface area contributed by atoms with Crippen molar-refractivity contribution in [3.8, 4) is 0 Å². The zero-order valence-electron chi connectivity index (χ0n) is 15.5. The molecule has 0 fully saturated rings. The molecular weight excluding hydrogens is 389 g/mol. The van der Waals surface area contributed by atoms with Gasteiger partial charge < -0.3 is 4.90 Å². The monoisotopic (exact) mass is 411 g/mol. The minimum Gasteiger partial charge on any atom is -0.366 e. The molecule has 0 radical (unpaired) electrons. The highest BCUT2D eigenvalue weighted by Crippen LogP contribution is 2.31. The van der Waals surface area contributed by atoms with Crippen molar-refractivity contribution < 1.29 is 12.8 Å². The number of sulfonamides is 1. The predicted molar refractivity (Wildman–Crippen MR) is 110 cm³/mol. The normalized spacial score (nSPS) is 11.7. The van der Waals surface area contributed by atoms with Gasteiger partial charge in [-0.15, -0.1) is 0 Å². The Morgan fingerprint density at radius 3 is 2.67 bits per heavy atom. The summed E-state index contributed by atoms with van der Waals surface area (Å²) in [6.07, 6.45) is 1.75. The van der Waals surface area contributed by atoms with Crippen LogP contribution in [0.5, 0.6) is 0 Å². The molecule has 0 aliphatic heterocycles. The summed E-state index contributed by atoms with van der Waals surface area (Å²) in [6.45, 7) is 4.58. The SMILES string of the molecule is CCN(C)/C=N\c1cc(C)c(NS(=O)(=O)CCc2ccccc2F)cc1Cl. The van der Waals surface area contributed by atoms with Crippen molar-refractivity contribution in [3.05, 3.63) is 58.4 Å². The molecule has 146 valence electrons. The van der Waals surface area contributed by atoms with Crippen molar-refractivity contribution in [2.45, 2.75) is 20.3 Å². The molecule has 2 aromatic rings. The second-order valence-corrected chi connectivity index (χ2v) is 8.45. The number of nitrogens with one attached hydrogen (secondary N) is 1. The number of anilines is 1. The van der Waals surface area contributed by atoms with E-state index in [0.717, 1.165) is 6.54 Å². The number of rotatable bonds is 8. The summed E-state index contributed by atoms with van der Waals surface area (Å²) in [7, 11) is -1.76. The first-order valence-corrected chi connectivity index (χ1v) is 10.5. The topological polar surface area (TPSA) is 61.8 Å². The fraction of sp³-hybridized carbons (Fsp3) is 0.316.